The van der Waals surface area contributed by atoms with Crippen molar-refractivity contribution in [3.05, 3.63) is 26.5 Å². The highest BCUT2D eigenvalue weighted by Crippen LogP contribution is 2.34. The lowest BCUT2D eigenvalue weighted by molar-refractivity contribution is -0.275. The second-order valence-electron chi connectivity index (χ2n) is 2.22. The zero-order valence-electron chi connectivity index (χ0n) is 6.33. The van der Waals surface area contributed by atoms with E-state index in [-0.39, 0.29) is 8.59 Å². The van der Waals surface area contributed by atoms with Gasteiger partial charge in [0.05, 0.1) is 8.59 Å². The third-order valence-electron chi connectivity index (χ3n) is 1.22. The fourth-order valence-electron chi connectivity index (χ4n) is 0.718. The van der Waals surface area contributed by atoms with Gasteiger partial charge in [-0.2, -0.15) is 0 Å². The number of rotatable bonds is 1. The van der Waals surface area contributed by atoms with Crippen molar-refractivity contribution in [2.24, 2.45) is 0 Å². The third-order valence-corrected chi connectivity index (χ3v) is 2.92. The molecule has 78 valence electrons. The molecule has 1 rings (SSSR count). The fraction of sp³-hybridized carbons (Fsp3) is 0.143. The minimum Gasteiger partial charge on any atom is -0.401 e. The summed E-state index contributed by atoms with van der Waals surface area (Å²) in [6.45, 7) is 0. The summed E-state index contributed by atoms with van der Waals surface area (Å²) < 4.78 is 51.6. The van der Waals surface area contributed by atoms with Gasteiger partial charge in [-0.25, -0.2) is 4.39 Å². The topological polar surface area (TPSA) is 9.23 Å². The maximum absolute atomic E-state index is 12.9. The van der Waals surface area contributed by atoms with Crippen LogP contribution in [0.2, 0.25) is 5.02 Å². The average molecular weight is 340 g/mol. The molecule has 0 saturated heterocycles. The molecule has 0 aliphatic heterocycles. The van der Waals surface area contributed by atoms with E-state index in [0.29, 0.717) is 0 Å². The van der Waals surface area contributed by atoms with Crippen LogP contribution in [0.4, 0.5) is 17.6 Å². The van der Waals surface area contributed by atoms with E-state index in [9.17, 15) is 17.6 Å². The van der Waals surface area contributed by atoms with Crippen LogP contribution in [-0.4, -0.2) is 6.36 Å². The van der Waals surface area contributed by atoms with Crippen molar-refractivity contribution in [1.29, 1.82) is 0 Å². The number of ether oxygens (including phenoxy) is 1. The van der Waals surface area contributed by atoms with Crippen LogP contribution in [0.5, 0.6) is 5.75 Å². The molecule has 0 N–H and O–H groups in total. The minimum absolute atomic E-state index is 0.00579. The van der Waals surface area contributed by atoms with E-state index in [0.717, 1.165) is 12.1 Å². The van der Waals surface area contributed by atoms with Crippen LogP contribution >= 0.6 is 34.2 Å². The summed E-state index contributed by atoms with van der Waals surface area (Å²) in [7, 11) is 0. The second kappa shape index (κ2) is 4.09. The van der Waals surface area contributed by atoms with Crippen molar-refractivity contribution >= 4 is 34.2 Å². The first-order valence-corrected chi connectivity index (χ1v) is 4.66. The quantitative estimate of drug-likeness (QED) is 0.427. The summed E-state index contributed by atoms with van der Waals surface area (Å²) in [5.41, 5.74) is 0. The minimum atomic E-state index is -4.93. The summed E-state index contributed by atoms with van der Waals surface area (Å²) in [5.74, 6) is -2.00. The van der Waals surface area contributed by atoms with E-state index in [1.165, 1.54) is 22.6 Å². The van der Waals surface area contributed by atoms with Crippen molar-refractivity contribution < 1.29 is 22.3 Å². The molecule has 1 aromatic rings. The highest BCUT2D eigenvalue weighted by atomic mass is 127. The zero-order chi connectivity index (χ0) is 10.9. The first-order valence-electron chi connectivity index (χ1n) is 3.20. The number of halogens is 6. The van der Waals surface area contributed by atoms with Gasteiger partial charge in [0.25, 0.3) is 0 Å². The molecule has 1 nitrogen and oxygen atoms in total. The Morgan fingerprint density at radius 2 is 1.86 bits per heavy atom. The van der Waals surface area contributed by atoms with Crippen LogP contribution in [0, 0.1) is 9.39 Å². The molecule has 7 heteroatoms. The van der Waals surface area contributed by atoms with E-state index in [1.54, 1.807) is 0 Å². The number of hydrogen-bond donors (Lipinski definition) is 0. The Balaban J connectivity index is 3.13. The Bertz CT molecular complexity index is 352. The molecule has 0 saturated carbocycles. The monoisotopic (exact) mass is 340 g/mol. The Morgan fingerprint density at radius 1 is 1.29 bits per heavy atom. The predicted molar refractivity (Wildman–Crippen MR) is 50.8 cm³/mol. The number of benzene rings is 1. The molecule has 0 aromatic heterocycles. The predicted octanol–water partition coefficient (Wildman–Crippen LogP) is 3.98. The molecule has 0 atom stereocenters. The molecule has 0 heterocycles. The van der Waals surface area contributed by atoms with E-state index in [1.807, 2.05) is 0 Å². The van der Waals surface area contributed by atoms with Gasteiger partial charge in [-0.1, -0.05) is 11.6 Å². The van der Waals surface area contributed by atoms with Gasteiger partial charge in [0.2, 0.25) is 0 Å². The fourth-order valence-corrected chi connectivity index (χ4v) is 1.41. The van der Waals surface area contributed by atoms with Crippen LogP contribution in [-0.2, 0) is 0 Å². The van der Waals surface area contributed by atoms with Crippen molar-refractivity contribution in [1.82, 2.24) is 0 Å². The SMILES string of the molecule is Fc1ccc(Cl)c(I)c1OC(F)(F)F. The normalized spacial score (nSPS) is 11.6. The molecular weight excluding hydrogens is 338 g/mol. The summed E-state index contributed by atoms with van der Waals surface area (Å²) in [5, 5.41) is 0.00579. The van der Waals surface area contributed by atoms with E-state index < -0.39 is 17.9 Å². The molecule has 0 aliphatic rings. The van der Waals surface area contributed by atoms with Gasteiger partial charge in [0.1, 0.15) is 0 Å². The lowest BCUT2D eigenvalue weighted by atomic mass is 10.3. The molecule has 0 amide bonds. The molecule has 1 aromatic carbocycles. The van der Waals surface area contributed by atoms with E-state index >= 15 is 0 Å². The molecule has 0 fully saturated rings. The van der Waals surface area contributed by atoms with Crippen molar-refractivity contribution in [2.45, 2.75) is 6.36 Å². The van der Waals surface area contributed by atoms with Crippen molar-refractivity contribution in [3.63, 3.8) is 0 Å². The summed E-state index contributed by atoms with van der Waals surface area (Å²) in [4.78, 5) is 0. The van der Waals surface area contributed by atoms with Gasteiger partial charge in [-0.05, 0) is 34.7 Å². The lowest BCUT2D eigenvalue weighted by Gasteiger charge is -2.11. The maximum Gasteiger partial charge on any atom is 0.573 e. The van der Waals surface area contributed by atoms with Gasteiger partial charge in [0, 0.05) is 0 Å². The Hall–Kier alpha value is -0.240. The molecule has 0 spiro atoms. The smallest absolute Gasteiger partial charge is 0.401 e. The Labute approximate surface area is 95.1 Å². The average Bonchev–Trinajstić information content (AvgIpc) is 2.04. The Kier molecular flexibility index (Phi) is 3.46. The molecule has 14 heavy (non-hydrogen) atoms. The highest BCUT2D eigenvalue weighted by Gasteiger charge is 2.33. The van der Waals surface area contributed by atoms with Crippen LogP contribution in [0.3, 0.4) is 0 Å². The third kappa shape index (κ3) is 2.88. The van der Waals surface area contributed by atoms with E-state index in [4.69, 9.17) is 11.6 Å². The van der Waals surface area contributed by atoms with Gasteiger partial charge in [-0.15, -0.1) is 13.2 Å². The first kappa shape index (κ1) is 11.8. The van der Waals surface area contributed by atoms with Crippen LogP contribution < -0.4 is 4.74 Å². The summed E-state index contributed by atoms with van der Waals surface area (Å²) in [6.07, 6.45) is -4.93. The van der Waals surface area contributed by atoms with Crippen LogP contribution in [0.15, 0.2) is 12.1 Å². The largest absolute Gasteiger partial charge is 0.573 e. The Morgan fingerprint density at radius 3 is 2.36 bits per heavy atom. The van der Waals surface area contributed by atoms with Gasteiger partial charge < -0.3 is 4.74 Å². The van der Waals surface area contributed by atoms with Crippen LogP contribution in [0.1, 0.15) is 0 Å². The number of hydrogen-bond acceptors (Lipinski definition) is 1. The summed E-state index contributed by atoms with van der Waals surface area (Å²) in [6, 6.07) is 1.97. The first-order chi connectivity index (χ1) is 6.31. The summed E-state index contributed by atoms with van der Waals surface area (Å²) >= 11 is 6.97. The maximum atomic E-state index is 12.9. The molecule has 0 unspecified atom stereocenters. The highest BCUT2D eigenvalue weighted by molar-refractivity contribution is 14.1. The molecule has 0 bridgehead atoms. The van der Waals surface area contributed by atoms with Gasteiger partial charge in [0.15, 0.2) is 11.6 Å². The van der Waals surface area contributed by atoms with Crippen LogP contribution in [0.25, 0.3) is 0 Å². The number of alkyl halides is 3. The molecule has 0 aliphatic carbocycles. The second-order valence-corrected chi connectivity index (χ2v) is 3.71. The molecule has 0 radical (unpaired) electrons. The van der Waals surface area contributed by atoms with Crippen molar-refractivity contribution in [3.8, 4) is 5.75 Å². The lowest BCUT2D eigenvalue weighted by Crippen LogP contribution is -2.18. The standard InChI is InChI=1S/C7H2ClF4IO/c8-3-1-2-4(9)6(5(3)13)14-7(10,11)12/h1-2H. The van der Waals surface area contributed by atoms with Gasteiger partial charge in [-0.3, -0.25) is 0 Å². The zero-order valence-corrected chi connectivity index (χ0v) is 9.24. The van der Waals surface area contributed by atoms with Gasteiger partial charge >= 0.3 is 6.36 Å². The van der Waals surface area contributed by atoms with E-state index in [2.05, 4.69) is 4.74 Å². The van der Waals surface area contributed by atoms with Crippen molar-refractivity contribution in [2.75, 3.05) is 0 Å². The molecular formula is C7H2ClF4IO.